The highest BCUT2D eigenvalue weighted by Crippen LogP contribution is 2.31. The summed E-state index contributed by atoms with van der Waals surface area (Å²) in [7, 11) is 0. The summed E-state index contributed by atoms with van der Waals surface area (Å²) in [5.74, 6) is -8.11. The molecule has 2 N–H and O–H groups in total. The Kier molecular flexibility index (Phi) is 10.6. The molecule has 1 aliphatic rings. The molecule has 0 heterocycles. The lowest BCUT2D eigenvalue weighted by molar-refractivity contribution is -0.142. The molecule has 2 aromatic carbocycles. The average molecular weight is 614 g/mol. The van der Waals surface area contributed by atoms with Crippen molar-refractivity contribution in [2.45, 2.75) is 58.3 Å². The quantitative estimate of drug-likeness (QED) is 0.185. The molecule has 0 aliphatic heterocycles. The van der Waals surface area contributed by atoms with Gasteiger partial charge in [-0.15, -0.1) is 0 Å². The summed E-state index contributed by atoms with van der Waals surface area (Å²) in [5.41, 5.74) is -0.496. The summed E-state index contributed by atoms with van der Waals surface area (Å²) >= 11 is 6.27. The fraction of sp³-hybridized carbons (Fsp3) is 0.414. The number of aliphatic imine (C=N–C) groups is 1. The highest BCUT2D eigenvalue weighted by atomic mass is 35.5. The molecule has 42 heavy (non-hydrogen) atoms. The van der Waals surface area contributed by atoms with Gasteiger partial charge in [0.2, 0.25) is 5.91 Å². The number of amides is 1. The van der Waals surface area contributed by atoms with Crippen LogP contribution in [-0.4, -0.2) is 58.4 Å². The van der Waals surface area contributed by atoms with Crippen molar-refractivity contribution in [2.24, 2.45) is 16.8 Å². The molecular weight excluding hydrogens is 585 g/mol. The van der Waals surface area contributed by atoms with Crippen LogP contribution in [0.3, 0.4) is 0 Å². The Morgan fingerprint density at radius 3 is 2.17 bits per heavy atom. The Bertz CT molecular complexity index is 1360. The van der Waals surface area contributed by atoms with E-state index in [1.165, 1.54) is 6.07 Å². The van der Waals surface area contributed by atoms with Gasteiger partial charge in [0.25, 0.3) is 0 Å². The summed E-state index contributed by atoms with van der Waals surface area (Å²) in [4.78, 5) is 42.7. The molecule has 1 atom stereocenters. The number of nitrogens with zero attached hydrogens (tertiary/aromatic N) is 2. The summed E-state index contributed by atoms with van der Waals surface area (Å²) < 4.78 is 70.6. The van der Waals surface area contributed by atoms with Crippen molar-refractivity contribution in [2.75, 3.05) is 6.54 Å². The smallest absolute Gasteiger partial charge is 0.430 e. The third-order valence-electron chi connectivity index (χ3n) is 7.04. The molecule has 1 amide bonds. The number of carbonyl (C=O) groups is 3. The van der Waals surface area contributed by atoms with E-state index in [2.05, 4.69) is 4.99 Å². The number of ketones is 1. The SMILES string of the molecule is Cc1cc(C)c(C(=O)CN(Cc2cc(F)cc(F)c2)C(=O)C(C=N)C(=NC2CCC(C(=O)O)CC2)C(F)(F)F)c(Cl)c1. The number of Topliss-reactive ketones (excluding diaryl/α,β-unsaturated/α-hetero) is 1. The van der Waals surface area contributed by atoms with Gasteiger partial charge in [0.1, 0.15) is 23.3 Å². The zero-order valence-electron chi connectivity index (χ0n) is 22.8. The number of benzene rings is 2. The molecule has 2 aromatic rings. The van der Waals surface area contributed by atoms with Crippen LogP contribution in [0.5, 0.6) is 0 Å². The molecule has 13 heteroatoms. The first-order valence-electron chi connectivity index (χ1n) is 13.0. The van der Waals surface area contributed by atoms with Crippen molar-refractivity contribution in [1.29, 1.82) is 5.41 Å². The molecule has 0 aromatic heterocycles. The maximum Gasteiger partial charge on any atom is 0.430 e. The third-order valence-corrected chi connectivity index (χ3v) is 7.34. The lowest BCUT2D eigenvalue weighted by Gasteiger charge is -2.29. The third kappa shape index (κ3) is 8.21. The average Bonchev–Trinajstić information content (AvgIpc) is 2.86. The highest BCUT2D eigenvalue weighted by Gasteiger charge is 2.45. The molecule has 1 aliphatic carbocycles. The van der Waals surface area contributed by atoms with Gasteiger partial charge in [-0.1, -0.05) is 17.7 Å². The van der Waals surface area contributed by atoms with Gasteiger partial charge < -0.3 is 15.4 Å². The van der Waals surface area contributed by atoms with Crippen LogP contribution in [0.15, 0.2) is 35.3 Å². The predicted molar refractivity (Wildman–Crippen MR) is 146 cm³/mol. The van der Waals surface area contributed by atoms with E-state index in [9.17, 15) is 41.4 Å². The summed E-state index contributed by atoms with van der Waals surface area (Å²) in [6.07, 6.45) is -4.64. The van der Waals surface area contributed by atoms with Gasteiger partial charge in [-0.05, 0) is 74.4 Å². The van der Waals surface area contributed by atoms with E-state index in [4.69, 9.17) is 17.0 Å². The van der Waals surface area contributed by atoms with Crippen LogP contribution in [-0.2, 0) is 16.1 Å². The van der Waals surface area contributed by atoms with Gasteiger partial charge in [-0.3, -0.25) is 19.4 Å². The van der Waals surface area contributed by atoms with Gasteiger partial charge in [-0.25, -0.2) is 8.78 Å². The molecule has 1 saturated carbocycles. The van der Waals surface area contributed by atoms with Crippen LogP contribution in [0.2, 0.25) is 5.02 Å². The molecule has 0 bridgehead atoms. The molecule has 0 spiro atoms. The van der Waals surface area contributed by atoms with E-state index >= 15 is 0 Å². The number of halogens is 6. The van der Waals surface area contributed by atoms with Gasteiger partial charge in [0.15, 0.2) is 5.78 Å². The number of hydrogen-bond donors (Lipinski definition) is 2. The predicted octanol–water partition coefficient (Wildman–Crippen LogP) is 6.36. The topological polar surface area (TPSA) is 111 Å². The van der Waals surface area contributed by atoms with Crippen LogP contribution >= 0.6 is 11.6 Å². The van der Waals surface area contributed by atoms with Crippen molar-refractivity contribution >= 4 is 41.2 Å². The lowest BCUT2D eigenvalue weighted by atomic mass is 9.86. The number of carboxylic acid groups (broad SMARTS) is 1. The fourth-order valence-electron chi connectivity index (χ4n) is 5.10. The van der Waals surface area contributed by atoms with E-state index in [0.717, 1.165) is 17.7 Å². The fourth-order valence-corrected chi connectivity index (χ4v) is 5.52. The number of rotatable bonds is 10. The molecule has 3 rings (SSSR count). The van der Waals surface area contributed by atoms with Crippen molar-refractivity contribution < 1.29 is 41.4 Å². The van der Waals surface area contributed by atoms with Gasteiger partial charge >= 0.3 is 12.1 Å². The number of alkyl halides is 3. The number of aryl methyl sites for hydroxylation is 2. The standard InChI is InChI=1S/C29H29ClF5N3O4/c1-15-7-16(2)25(23(30)8-15)24(39)14-38(13-17-9-19(31)11-20(32)10-17)27(40)22(12-36)26(29(33,34)35)37-21-5-3-18(4-6-21)28(41)42/h7-12,18,21-22,36H,3-6,13-14H2,1-2H3,(H,41,42). The summed E-state index contributed by atoms with van der Waals surface area (Å²) in [6.45, 7) is 1.87. The zero-order chi connectivity index (χ0) is 31.4. The van der Waals surface area contributed by atoms with Crippen molar-refractivity contribution in [1.82, 2.24) is 4.90 Å². The number of aliphatic carboxylic acids is 1. The largest absolute Gasteiger partial charge is 0.481 e. The first-order valence-corrected chi connectivity index (χ1v) is 13.4. The molecular formula is C29H29ClF5N3O4. The van der Waals surface area contributed by atoms with E-state index in [-0.39, 0.29) is 48.0 Å². The van der Waals surface area contributed by atoms with Crippen molar-refractivity contribution in [3.63, 3.8) is 0 Å². The minimum Gasteiger partial charge on any atom is -0.481 e. The number of nitrogens with one attached hydrogen (secondary N) is 1. The first-order chi connectivity index (χ1) is 19.6. The second kappa shape index (κ2) is 13.5. The van der Waals surface area contributed by atoms with Crippen LogP contribution in [0.4, 0.5) is 22.0 Å². The van der Waals surface area contributed by atoms with Crippen LogP contribution in [0.25, 0.3) is 0 Å². The molecule has 0 radical (unpaired) electrons. The van der Waals surface area contributed by atoms with Crippen molar-refractivity contribution in [3.8, 4) is 0 Å². The second-order valence-corrected chi connectivity index (χ2v) is 10.7. The molecule has 1 fully saturated rings. The molecule has 226 valence electrons. The molecule has 0 saturated heterocycles. The second-order valence-electron chi connectivity index (χ2n) is 10.3. The summed E-state index contributed by atoms with van der Waals surface area (Å²) in [5, 5.41) is 17.0. The monoisotopic (exact) mass is 613 g/mol. The first kappa shape index (κ1) is 32.8. The Morgan fingerprint density at radius 2 is 1.67 bits per heavy atom. The molecule has 7 nitrogen and oxygen atoms in total. The van der Waals surface area contributed by atoms with Gasteiger partial charge in [0, 0.05) is 24.4 Å². The number of hydrogen-bond acceptors (Lipinski definition) is 5. The van der Waals surface area contributed by atoms with Gasteiger partial charge in [0.05, 0.1) is 23.5 Å². The Hall–Kier alpha value is -3.67. The van der Waals surface area contributed by atoms with E-state index in [1.54, 1.807) is 19.9 Å². The Balaban J connectivity index is 2.01. The van der Waals surface area contributed by atoms with Crippen LogP contribution < -0.4 is 0 Å². The van der Waals surface area contributed by atoms with E-state index in [0.29, 0.717) is 16.5 Å². The summed E-state index contributed by atoms with van der Waals surface area (Å²) in [6, 6.07) is 4.54. The van der Waals surface area contributed by atoms with Crippen molar-refractivity contribution in [3.05, 3.63) is 69.2 Å². The maximum atomic E-state index is 14.3. The number of carboxylic acids is 1. The zero-order valence-corrected chi connectivity index (χ0v) is 23.5. The van der Waals surface area contributed by atoms with Crippen LogP contribution in [0.1, 0.15) is 52.7 Å². The molecule has 1 unspecified atom stereocenters. The lowest BCUT2D eigenvalue weighted by Crippen LogP contribution is -2.46. The minimum absolute atomic E-state index is 0.0248. The Morgan fingerprint density at radius 1 is 1.07 bits per heavy atom. The maximum absolute atomic E-state index is 14.3. The normalized spacial score (nSPS) is 18.3. The number of carbonyl (C=O) groups excluding carboxylic acids is 2. The van der Waals surface area contributed by atoms with E-state index < -0.39 is 72.1 Å². The van der Waals surface area contributed by atoms with E-state index in [1.807, 2.05) is 0 Å². The minimum atomic E-state index is -5.15. The van der Waals surface area contributed by atoms with Crippen LogP contribution in [0, 0.1) is 42.7 Å². The van der Waals surface area contributed by atoms with Gasteiger partial charge in [-0.2, -0.15) is 13.2 Å². The highest BCUT2D eigenvalue weighted by molar-refractivity contribution is 6.34. The Labute approximate surface area is 243 Å².